The van der Waals surface area contributed by atoms with Crippen LogP contribution in [0.15, 0.2) is 30.3 Å². The van der Waals surface area contributed by atoms with Crippen LogP contribution in [0.1, 0.15) is 24.8 Å². The standard InChI is InChI=1S/C16H23NO/c1-18-15-10-16(11-15)7-8-17-12-14(16)9-13-5-3-2-4-6-13/h2-6,14-15,17H,7-12H2,1H3. The minimum absolute atomic E-state index is 0.515. The second-order valence-corrected chi connectivity index (χ2v) is 5.97. The van der Waals surface area contributed by atoms with Gasteiger partial charge in [0, 0.05) is 7.11 Å². The van der Waals surface area contributed by atoms with Gasteiger partial charge >= 0.3 is 0 Å². The summed E-state index contributed by atoms with van der Waals surface area (Å²) < 4.78 is 5.49. The zero-order valence-corrected chi connectivity index (χ0v) is 11.2. The second kappa shape index (κ2) is 5.02. The molecule has 1 N–H and O–H groups in total. The van der Waals surface area contributed by atoms with Crippen LogP contribution in [-0.2, 0) is 11.2 Å². The van der Waals surface area contributed by atoms with Crippen molar-refractivity contribution in [2.24, 2.45) is 11.3 Å². The maximum atomic E-state index is 5.49. The van der Waals surface area contributed by atoms with Crippen molar-refractivity contribution in [3.05, 3.63) is 35.9 Å². The third-order valence-electron chi connectivity index (χ3n) is 4.98. The lowest BCUT2D eigenvalue weighted by Gasteiger charge is -2.54. The molecule has 3 rings (SSSR count). The Morgan fingerprint density at radius 1 is 1.28 bits per heavy atom. The van der Waals surface area contributed by atoms with Crippen LogP contribution in [-0.4, -0.2) is 26.3 Å². The topological polar surface area (TPSA) is 21.3 Å². The molecule has 2 aliphatic rings. The van der Waals surface area contributed by atoms with Crippen LogP contribution in [0.4, 0.5) is 0 Å². The monoisotopic (exact) mass is 245 g/mol. The summed E-state index contributed by atoms with van der Waals surface area (Å²) in [4.78, 5) is 0. The number of rotatable bonds is 3. The number of benzene rings is 1. The van der Waals surface area contributed by atoms with E-state index in [2.05, 4.69) is 35.6 Å². The van der Waals surface area contributed by atoms with Gasteiger partial charge in [-0.2, -0.15) is 0 Å². The molecule has 1 saturated carbocycles. The Morgan fingerprint density at radius 3 is 2.78 bits per heavy atom. The van der Waals surface area contributed by atoms with Crippen molar-refractivity contribution in [1.29, 1.82) is 0 Å². The molecule has 1 aromatic carbocycles. The molecule has 1 aromatic rings. The van der Waals surface area contributed by atoms with Crippen molar-refractivity contribution >= 4 is 0 Å². The van der Waals surface area contributed by atoms with Crippen LogP contribution in [0.5, 0.6) is 0 Å². The molecule has 1 saturated heterocycles. The van der Waals surface area contributed by atoms with E-state index in [1.165, 1.54) is 44.3 Å². The molecule has 2 fully saturated rings. The van der Waals surface area contributed by atoms with Crippen molar-refractivity contribution in [2.75, 3.05) is 20.2 Å². The first-order valence-electron chi connectivity index (χ1n) is 7.10. The Balaban J connectivity index is 1.69. The summed E-state index contributed by atoms with van der Waals surface area (Å²) in [6.45, 7) is 2.35. The van der Waals surface area contributed by atoms with Gasteiger partial charge in [0.15, 0.2) is 0 Å². The van der Waals surface area contributed by atoms with Gasteiger partial charge in [-0.3, -0.25) is 0 Å². The van der Waals surface area contributed by atoms with Crippen LogP contribution in [0.2, 0.25) is 0 Å². The lowest BCUT2D eigenvalue weighted by Crippen LogP contribution is -2.55. The number of hydrogen-bond acceptors (Lipinski definition) is 2. The van der Waals surface area contributed by atoms with E-state index in [-0.39, 0.29) is 0 Å². The van der Waals surface area contributed by atoms with Crippen molar-refractivity contribution in [3.63, 3.8) is 0 Å². The van der Waals surface area contributed by atoms with Gasteiger partial charge in [0.05, 0.1) is 6.10 Å². The number of nitrogens with one attached hydrogen (secondary N) is 1. The maximum absolute atomic E-state index is 5.49. The molecule has 0 aromatic heterocycles. The summed E-state index contributed by atoms with van der Waals surface area (Å²) in [5, 5.41) is 3.57. The van der Waals surface area contributed by atoms with E-state index in [1.807, 2.05) is 7.11 Å². The quantitative estimate of drug-likeness (QED) is 0.884. The van der Waals surface area contributed by atoms with Gasteiger partial charge in [0.25, 0.3) is 0 Å². The van der Waals surface area contributed by atoms with Gasteiger partial charge in [-0.1, -0.05) is 30.3 Å². The van der Waals surface area contributed by atoms with E-state index in [0.29, 0.717) is 11.5 Å². The smallest absolute Gasteiger partial charge is 0.0582 e. The molecule has 0 radical (unpaired) electrons. The number of methoxy groups -OCH3 is 1. The summed E-state index contributed by atoms with van der Waals surface area (Å²) in [6.07, 6.45) is 5.58. The number of hydrogen-bond donors (Lipinski definition) is 1. The van der Waals surface area contributed by atoms with Gasteiger partial charge in [-0.05, 0) is 55.7 Å². The summed E-state index contributed by atoms with van der Waals surface area (Å²) in [5.74, 6) is 0.778. The molecule has 1 spiro atoms. The third-order valence-corrected chi connectivity index (χ3v) is 4.98. The van der Waals surface area contributed by atoms with Crippen LogP contribution >= 0.6 is 0 Å². The van der Waals surface area contributed by atoms with E-state index in [9.17, 15) is 0 Å². The first-order valence-corrected chi connectivity index (χ1v) is 7.10. The average molecular weight is 245 g/mol. The zero-order valence-electron chi connectivity index (χ0n) is 11.2. The molecule has 2 nitrogen and oxygen atoms in total. The van der Waals surface area contributed by atoms with Crippen molar-refractivity contribution in [1.82, 2.24) is 5.32 Å². The maximum Gasteiger partial charge on any atom is 0.0582 e. The van der Waals surface area contributed by atoms with Gasteiger partial charge < -0.3 is 10.1 Å². The largest absolute Gasteiger partial charge is 0.381 e. The zero-order chi connectivity index (χ0) is 12.4. The molecule has 1 aliphatic heterocycles. The van der Waals surface area contributed by atoms with E-state index < -0.39 is 0 Å². The predicted octanol–water partition coefficient (Wildman–Crippen LogP) is 2.63. The van der Waals surface area contributed by atoms with Gasteiger partial charge in [0.2, 0.25) is 0 Å². The molecular weight excluding hydrogens is 222 g/mol. The van der Waals surface area contributed by atoms with E-state index in [1.54, 1.807) is 0 Å². The van der Waals surface area contributed by atoms with Gasteiger partial charge in [0.1, 0.15) is 0 Å². The third kappa shape index (κ3) is 2.19. The molecule has 98 valence electrons. The molecule has 1 unspecified atom stereocenters. The summed E-state index contributed by atoms with van der Waals surface area (Å²) in [5.41, 5.74) is 2.04. The van der Waals surface area contributed by atoms with Crippen LogP contribution < -0.4 is 5.32 Å². The number of piperidine rings is 1. The Morgan fingerprint density at radius 2 is 2.06 bits per heavy atom. The van der Waals surface area contributed by atoms with E-state index in [0.717, 1.165) is 5.92 Å². The molecule has 0 amide bonds. The molecule has 1 atom stereocenters. The van der Waals surface area contributed by atoms with Crippen molar-refractivity contribution in [2.45, 2.75) is 31.8 Å². The lowest BCUT2D eigenvalue weighted by atomic mass is 9.55. The first-order chi connectivity index (χ1) is 8.82. The normalized spacial score (nSPS) is 35.4. The van der Waals surface area contributed by atoms with E-state index >= 15 is 0 Å². The highest BCUT2D eigenvalue weighted by atomic mass is 16.5. The van der Waals surface area contributed by atoms with E-state index in [4.69, 9.17) is 4.74 Å². The Hall–Kier alpha value is -0.860. The first kappa shape index (κ1) is 12.2. The fourth-order valence-corrected chi connectivity index (χ4v) is 3.77. The molecule has 0 bridgehead atoms. The highest BCUT2D eigenvalue weighted by molar-refractivity contribution is 5.17. The molecule has 1 aliphatic carbocycles. The summed E-state index contributed by atoms with van der Waals surface area (Å²) in [6, 6.07) is 10.9. The van der Waals surface area contributed by atoms with Gasteiger partial charge in [-0.25, -0.2) is 0 Å². The SMILES string of the molecule is COC1CC2(CCNCC2Cc2ccccc2)C1. The lowest BCUT2D eigenvalue weighted by molar-refractivity contribution is -0.103. The minimum Gasteiger partial charge on any atom is -0.381 e. The Labute approximate surface area is 110 Å². The average Bonchev–Trinajstić information content (AvgIpc) is 2.38. The molecule has 18 heavy (non-hydrogen) atoms. The fraction of sp³-hybridized carbons (Fsp3) is 0.625. The minimum atomic E-state index is 0.515. The van der Waals surface area contributed by atoms with Crippen LogP contribution in [0, 0.1) is 11.3 Å². The Kier molecular flexibility index (Phi) is 3.40. The summed E-state index contributed by atoms with van der Waals surface area (Å²) >= 11 is 0. The second-order valence-electron chi connectivity index (χ2n) is 5.97. The number of ether oxygens (including phenoxy) is 1. The van der Waals surface area contributed by atoms with Crippen molar-refractivity contribution in [3.8, 4) is 0 Å². The summed E-state index contributed by atoms with van der Waals surface area (Å²) in [7, 11) is 1.85. The van der Waals surface area contributed by atoms with Crippen LogP contribution in [0.25, 0.3) is 0 Å². The Bertz CT molecular complexity index is 383. The molecular formula is C16H23NO. The predicted molar refractivity (Wildman–Crippen MR) is 73.6 cm³/mol. The molecule has 2 heteroatoms. The highest BCUT2D eigenvalue weighted by Gasteiger charge is 2.50. The van der Waals surface area contributed by atoms with Crippen LogP contribution in [0.3, 0.4) is 0 Å². The molecule has 1 heterocycles. The highest BCUT2D eigenvalue weighted by Crippen LogP contribution is 2.52. The van der Waals surface area contributed by atoms with Crippen molar-refractivity contribution < 1.29 is 4.74 Å². The fourth-order valence-electron chi connectivity index (χ4n) is 3.77. The van der Waals surface area contributed by atoms with Gasteiger partial charge in [-0.15, -0.1) is 0 Å².